The molecule has 1 fully saturated rings. The summed E-state index contributed by atoms with van der Waals surface area (Å²) in [5.74, 6) is 0. The highest BCUT2D eigenvalue weighted by molar-refractivity contribution is 5.75. The number of aromatic amines is 1. The lowest BCUT2D eigenvalue weighted by Crippen LogP contribution is -2.45. The molecule has 0 bridgehead atoms. The van der Waals surface area contributed by atoms with Gasteiger partial charge in [0.15, 0.2) is 0 Å². The molecule has 2 aromatic rings. The summed E-state index contributed by atoms with van der Waals surface area (Å²) in [5.41, 5.74) is 1.74. The van der Waals surface area contributed by atoms with Crippen LogP contribution in [-0.4, -0.2) is 53.3 Å². The third-order valence-electron chi connectivity index (χ3n) is 5.12. The van der Waals surface area contributed by atoms with Crippen molar-refractivity contribution >= 4 is 17.1 Å². The second-order valence-electron chi connectivity index (χ2n) is 7.09. The van der Waals surface area contributed by atoms with E-state index in [-0.39, 0.29) is 17.8 Å². The van der Waals surface area contributed by atoms with E-state index in [4.69, 9.17) is 4.74 Å². The Balaban J connectivity index is 1.44. The number of likely N-dealkylation sites (tertiary alicyclic amines) is 1. The molecule has 1 aromatic carbocycles. The fourth-order valence-electron chi connectivity index (χ4n) is 3.59. The number of carbonyl (C=O) groups is 1. The normalized spacial score (nSPS) is 15.4. The van der Waals surface area contributed by atoms with Crippen LogP contribution >= 0.6 is 0 Å². The van der Waals surface area contributed by atoms with Crippen LogP contribution in [0.5, 0.6) is 0 Å². The Hall–Kier alpha value is -2.28. The van der Waals surface area contributed by atoms with E-state index < -0.39 is 0 Å². The maximum Gasteiger partial charge on any atom is 0.326 e. The Morgan fingerprint density at radius 1 is 1.22 bits per heavy atom. The highest BCUT2D eigenvalue weighted by Crippen LogP contribution is 2.24. The van der Waals surface area contributed by atoms with Crippen LogP contribution in [0.2, 0.25) is 0 Å². The first-order chi connectivity index (χ1) is 13.2. The lowest BCUT2D eigenvalue weighted by atomic mass is 10.0. The SMILES string of the molecule is CCCCOCCCNC(=O)N1CCC(n2c(=O)[nH]c3ccccc32)CC1. The van der Waals surface area contributed by atoms with Crippen molar-refractivity contribution in [2.24, 2.45) is 0 Å². The van der Waals surface area contributed by atoms with Gasteiger partial charge in [-0.05, 0) is 37.8 Å². The summed E-state index contributed by atoms with van der Waals surface area (Å²) >= 11 is 0. The van der Waals surface area contributed by atoms with Gasteiger partial charge < -0.3 is 19.9 Å². The summed E-state index contributed by atoms with van der Waals surface area (Å²) in [6.07, 6.45) is 4.62. The molecule has 27 heavy (non-hydrogen) atoms. The number of aromatic nitrogens is 2. The zero-order chi connectivity index (χ0) is 19.1. The number of urea groups is 1. The van der Waals surface area contributed by atoms with Gasteiger partial charge in [-0.15, -0.1) is 0 Å². The summed E-state index contributed by atoms with van der Waals surface area (Å²) < 4.78 is 7.35. The summed E-state index contributed by atoms with van der Waals surface area (Å²) in [6.45, 7) is 5.58. The van der Waals surface area contributed by atoms with Crippen molar-refractivity contribution < 1.29 is 9.53 Å². The van der Waals surface area contributed by atoms with Crippen LogP contribution in [0.1, 0.15) is 45.1 Å². The minimum absolute atomic E-state index is 0.0201. The molecule has 0 saturated carbocycles. The fraction of sp³-hybridized carbons (Fsp3) is 0.600. The van der Waals surface area contributed by atoms with Gasteiger partial charge in [0, 0.05) is 38.9 Å². The average Bonchev–Trinajstić information content (AvgIpc) is 3.03. The van der Waals surface area contributed by atoms with E-state index in [2.05, 4.69) is 17.2 Å². The maximum atomic E-state index is 12.3. The molecule has 0 atom stereocenters. The van der Waals surface area contributed by atoms with Crippen LogP contribution in [0, 0.1) is 0 Å². The number of piperidine rings is 1. The molecule has 1 aliphatic rings. The number of amides is 2. The van der Waals surface area contributed by atoms with Gasteiger partial charge in [-0.3, -0.25) is 4.57 Å². The Morgan fingerprint density at radius 2 is 1.96 bits per heavy atom. The first-order valence-corrected chi connectivity index (χ1v) is 10.0. The molecule has 3 rings (SSSR count). The van der Waals surface area contributed by atoms with Crippen molar-refractivity contribution in [3.8, 4) is 0 Å². The Morgan fingerprint density at radius 3 is 2.74 bits per heavy atom. The molecule has 0 unspecified atom stereocenters. The van der Waals surface area contributed by atoms with E-state index in [0.29, 0.717) is 26.2 Å². The van der Waals surface area contributed by atoms with Gasteiger partial charge in [-0.2, -0.15) is 0 Å². The number of rotatable bonds is 8. The van der Waals surface area contributed by atoms with Crippen LogP contribution in [0.4, 0.5) is 4.79 Å². The van der Waals surface area contributed by atoms with Gasteiger partial charge in [0.1, 0.15) is 0 Å². The number of H-pyrrole nitrogens is 1. The molecule has 1 aliphatic heterocycles. The van der Waals surface area contributed by atoms with Gasteiger partial charge in [0.05, 0.1) is 11.0 Å². The lowest BCUT2D eigenvalue weighted by molar-refractivity contribution is 0.127. The van der Waals surface area contributed by atoms with Crippen molar-refractivity contribution in [1.82, 2.24) is 19.8 Å². The van der Waals surface area contributed by atoms with E-state index in [1.165, 1.54) is 0 Å². The van der Waals surface area contributed by atoms with E-state index in [0.717, 1.165) is 49.7 Å². The molecule has 148 valence electrons. The molecule has 0 aliphatic carbocycles. The number of unbranched alkanes of at least 4 members (excludes halogenated alkanes) is 1. The van der Waals surface area contributed by atoms with Crippen LogP contribution in [0.3, 0.4) is 0 Å². The number of benzene rings is 1. The van der Waals surface area contributed by atoms with Crippen LogP contribution in [-0.2, 0) is 4.74 Å². The topological polar surface area (TPSA) is 79.4 Å². The van der Waals surface area contributed by atoms with Gasteiger partial charge in [-0.25, -0.2) is 9.59 Å². The standard InChI is InChI=1S/C20H30N4O3/c1-2-3-14-27-15-6-11-21-19(25)23-12-9-16(10-13-23)24-18-8-5-4-7-17(18)22-20(24)26/h4-5,7-8,16H,2-3,6,9-15H2,1H3,(H,21,25)(H,22,26). The maximum absolute atomic E-state index is 12.3. The molecular weight excluding hydrogens is 344 g/mol. The van der Waals surface area contributed by atoms with Gasteiger partial charge in [0.25, 0.3) is 0 Å². The second-order valence-corrected chi connectivity index (χ2v) is 7.09. The van der Waals surface area contributed by atoms with E-state index in [1.54, 1.807) is 0 Å². The molecule has 2 amide bonds. The van der Waals surface area contributed by atoms with Gasteiger partial charge >= 0.3 is 11.7 Å². The molecule has 1 saturated heterocycles. The number of carbonyl (C=O) groups excluding carboxylic acids is 1. The first-order valence-electron chi connectivity index (χ1n) is 10.0. The predicted molar refractivity (Wildman–Crippen MR) is 106 cm³/mol. The van der Waals surface area contributed by atoms with Crippen molar-refractivity contribution in [3.63, 3.8) is 0 Å². The molecule has 7 nitrogen and oxygen atoms in total. The highest BCUT2D eigenvalue weighted by atomic mass is 16.5. The number of fused-ring (bicyclic) bond motifs is 1. The van der Waals surface area contributed by atoms with E-state index in [9.17, 15) is 9.59 Å². The number of hydrogen-bond donors (Lipinski definition) is 2. The molecule has 1 aromatic heterocycles. The van der Waals surface area contributed by atoms with Crippen LogP contribution in [0.25, 0.3) is 11.0 Å². The summed E-state index contributed by atoms with van der Waals surface area (Å²) in [4.78, 5) is 29.4. The van der Waals surface area contributed by atoms with Crippen molar-refractivity contribution in [2.45, 2.75) is 45.1 Å². The molecule has 0 spiro atoms. The predicted octanol–water partition coefficient (Wildman–Crippen LogP) is 2.88. The smallest absolute Gasteiger partial charge is 0.326 e. The number of hydrogen-bond acceptors (Lipinski definition) is 3. The Kier molecular flexibility index (Phi) is 6.92. The number of nitrogens with one attached hydrogen (secondary N) is 2. The van der Waals surface area contributed by atoms with Gasteiger partial charge in [0.2, 0.25) is 0 Å². The van der Waals surface area contributed by atoms with E-state index >= 15 is 0 Å². The molecule has 2 N–H and O–H groups in total. The minimum atomic E-state index is -0.0674. The third-order valence-corrected chi connectivity index (χ3v) is 5.12. The highest BCUT2D eigenvalue weighted by Gasteiger charge is 2.25. The minimum Gasteiger partial charge on any atom is -0.381 e. The van der Waals surface area contributed by atoms with Crippen molar-refractivity contribution in [2.75, 3.05) is 32.8 Å². The first kappa shape index (κ1) is 19.5. The Bertz CT molecular complexity index is 790. The fourth-order valence-corrected chi connectivity index (χ4v) is 3.59. The monoisotopic (exact) mass is 374 g/mol. The summed E-state index contributed by atoms with van der Waals surface area (Å²) in [6, 6.07) is 7.86. The summed E-state index contributed by atoms with van der Waals surface area (Å²) in [5, 5.41) is 2.97. The molecule has 7 heteroatoms. The zero-order valence-electron chi connectivity index (χ0n) is 16.1. The summed E-state index contributed by atoms with van der Waals surface area (Å²) in [7, 11) is 0. The Labute approximate surface area is 159 Å². The van der Waals surface area contributed by atoms with Crippen LogP contribution < -0.4 is 11.0 Å². The molecular formula is C20H30N4O3. The van der Waals surface area contributed by atoms with Crippen molar-refractivity contribution in [3.05, 3.63) is 34.7 Å². The molecule has 0 radical (unpaired) electrons. The van der Waals surface area contributed by atoms with Gasteiger partial charge in [-0.1, -0.05) is 25.5 Å². The third kappa shape index (κ3) is 4.91. The molecule has 2 heterocycles. The lowest BCUT2D eigenvalue weighted by Gasteiger charge is -2.32. The zero-order valence-corrected chi connectivity index (χ0v) is 16.1. The van der Waals surface area contributed by atoms with E-state index in [1.807, 2.05) is 33.7 Å². The average molecular weight is 374 g/mol. The van der Waals surface area contributed by atoms with Crippen molar-refractivity contribution in [1.29, 1.82) is 0 Å². The second kappa shape index (κ2) is 9.60. The quantitative estimate of drug-likeness (QED) is 0.697. The number of imidazole rings is 1. The largest absolute Gasteiger partial charge is 0.381 e. The number of nitrogens with zero attached hydrogens (tertiary/aromatic N) is 2. The van der Waals surface area contributed by atoms with Crippen LogP contribution in [0.15, 0.2) is 29.1 Å². The number of para-hydroxylation sites is 2. The number of ether oxygens (including phenoxy) is 1.